The molecule has 5 nitrogen and oxygen atoms in total. The summed E-state index contributed by atoms with van der Waals surface area (Å²) in [7, 11) is -3.46. The monoisotopic (exact) mass is 440 g/mol. The van der Waals surface area contributed by atoms with Crippen LogP contribution in [0.25, 0.3) is 0 Å². The molecule has 2 N–H and O–H groups in total. The summed E-state index contributed by atoms with van der Waals surface area (Å²) in [6.45, 7) is 5.34. The largest absolute Gasteiger partial charge is 0.356 e. The summed E-state index contributed by atoms with van der Waals surface area (Å²) in [5, 5.41) is 3.08. The summed E-state index contributed by atoms with van der Waals surface area (Å²) in [4.78, 5) is 12.6. The number of rotatable bonds is 12. The minimum Gasteiger partial charge on any atom is -0.356 e. The molecule has 0 aliphatic heterocycles. The van der Waals surface area contributed by atoms with Crippen LogP contribution in [-0.2, 0) is 14.8 Å². The van der Waals surface area contributed by atoms with Gasteiger partial charge < -0.3 is 5.32 Å². The Morgan fingerprint density at radius 2 is 1.72 bits per heavy atom. The lowest BCUT2D eigenvalue weighted by Crippen LogP contribution is -2.36. The highest BCUT2D eigenvalue weighted by molar-refractivity contribution is 7.99. The second-order valence-corrected chi connectivity index (χ2v) is 11.0. The van der Waals surface area contributed by atoms with Gasteiger partial charge in [0.05, 0.1) is 4.90 Å². The van der Waals surface area contributed by atoms with Gasteiger partial charge in [-0.15, -0.1) is 0 Å². The molecule has 1 amide bonds. The van der Waals surface area contributed by atoms with Gasteiger partial charge in [0.25, 0.3) is 0 Å². The molecule has 2 rings (SSSR count). The predicted octanol–water partition coefficient (Wildman–Crippen LogP) is 4.12. The number of carbonyl (C=O) groups is 1. The Labute approximate surface area is 180 Å². The van der Waals surface area contributed by atoms with Gasteiger partial charge in [-0.3, -0.25) is 4.79 Å². The molecule has 1 aromatic carbocycles. The van der Waals surface area contributed by atoms with E-state index in [9.17, 15) is 13.2 Å². The molecule has 1 aromatic rings. The van der Waals surface area contributed by atoms with E-state index in [0.717, 1.165) is 50.0 Å². The highest BCUT2D eigenvalue weighted by Gasteiger charge is 2.27. The Bertz CT molecular complexity index is 712. The van der Waals surface area contributed by atoms with Crippen molar-refractivity contribution in [3.05, 3.63) is 29.8 Å². The summed E-state index contributed by atoms with van der Waals surface area (Å²) < 4.78 is 27.6. The van der Waals surface area contributed by atoms with E-state index in [1.54, 1.807) is 12.1 Å². The van der Waals surface area contributed by atoms with E-state index in [2.05, 4.69) is 17.0 Å². The average molecular weight is 441 g/mol. The first kappa shape index (κ1) is 24.2. The van der Waals surface area contributed by atoms with Gasteiger partial charge in [0.2, 0.25) is 15.9 Å². The average Bonchev–Trinajstić information content (AvgIpc) is 2.72. The van der Waals surface area contributed by atoms with Gasteiger partial charge in [-0.1, -0.05) is 31.0 Å². The predicted molar refractivity (Wildman–Crippen MR) is 122 cm³/mol. The van der Waals surface area contributed by atoms with Crippen molar-refractivity contribution >= 4 is 27.7 Å². The molecule has 29 heavy (non-hydrogen) atoms. The lowest BCUT2D eigenvalue weighted by Gasteiger charge is -2.27. The molecule has 0 radical (unpaired) electrons. The van der Waals surface area contributed by atoms with Crippen molar-refractivity contribution in [3.8, 4) is 0 Å². The zero-order chi connectivity index (χ0) is 21.1. The van der Waals surface area contributed by atoms with Crippen LogP contribution in [0.15, 0.2) is 29.2 Å². The maximum atomic E-state index is 12.4. The van der Waals surface area contributed by atoms with Gasteiger partial charge in [0.15, 0.2) is 0 Å². The second-order valence-electron chi connectivity index (χ2n) is 7.99. The topological polar surface area (TPSA) is 75.3 Å². The number of thioether (sulfide) groups is 1. The van der Waals surface area contributed by atoms with E-state index in [4.69, 9.17) is 0 Å². The molecule has 0 aromatic heterocycles. The molecule has 1 aliphatic rings. The van der Waals surface area contributed by atoms with Gasteiger partial charge in [-0.2, -0.15) is 11.8 Å². The number of sulfonamides is 1. The number of unbranched alkanes of at least 4 members (excludes halogenated alkanes) is 1. The van der Waals surface area contributed by atoms with Crippen molar-refractivity contribution < 1.29 is 13.2 Å². The standard InChI is InChI=1S/C22H36N2O3S2/c1-3-4-15-28-16-5-14-23-22(25)20-10-8-19(9-11-20)17-24-29(26,27)21-12-6-18(2)7-13-21/h6-7,12-13,19-20,24H,3-5,8-11,14-17H2,1-2H3,(H,23,25). The smallest absolute Gasteiger partial charge is 0.240 e. The summed E-state index contributed by atoms with van der Waals surface area (Å²) in [6.07, 6.45) is 6.99. The van der Waals surface area contributed by atoms with E-state index in [1.807, 2.05) is 30.8 Å². The molecule has 0 unspecified atom stereocenters. The number of nitrogens with one attached hydrogen (secondary N) is 2. The van der Waals surface area contributed by atoms with Crippen molar-refractivity contribution in [2.75, 3.05) is 24.6 Å². The SMILES string of the molecule is CCCCSCCCNC(=O)C1CCC(CNS(=O)(=O)c2ccc(C)cc2)CC1. The molecule has 0 bridgehead atoms. The van der Waals surface area contributed by atoms with Gasteiger partial charge in [-0.05, 0) is 75.0 Å². The molecule has 164 valence electrons. The van der Waals surface area contributed by atoms with Gasteiger partial charge in [-0.25, -0.2) is 13.1 Å². The van der Waals surface area contributed by atoms with Crippen LogP contribution < -0.4 is 10.0 Å². The molecular weight excluding hydrogens is 404 g/mol. The maximum Gasteiger partial charge on any atom is 0.240 e. The first-order valence-electron chi connectivity index (χ1n) is 10.8. The number of aryl methyl sites for hydroxylation is 1. The van der Waals surface area contributed by atoms with Crippen LogP contribution >= 0.6 is 11.8 Å². The normalized spacial score (nSPS) is 19.8. The first-order valence-corrected chi connectivity index (χ1v) is 13.5. The Kier molecular flexibility index (Phi) is 10.5. The third kappa shape index (κ3) is 8.69. The minimum atomic E-state index is -3.46. The van der Waals surface area contributed by atoms with Crippen LogP contribution in [0.5, 0.6) is 0 Å². The van der Waals surface area contributed by atoms with Gasteiger partial charge >= 0.3 is 0 Å². The van der Waals surface area contributed by atoms with Gasteiger partial charge in [0.1, 0.15) is 0 Å². The zero-order valence-corrected chi connectivity index (χ0v) is 19.4. The van der Waals surface area contributed by atoms with E-state index in [0.29, 0.717) is 17.4 Å². The Balaban J connectivity index is 1.63. The summed E-state index contributed by atoms with van der Waals surface area (Å²) >= 11 is 1.96. The van der Waals surface area contributed by atoms with Crippen LogP contribution in [0, 0.1) is 18.8 Å². The number of hydrogen-bond donors (Lipinski definition) is 2. The summed E-state index contributed by atoms with van der Waals surface area (Å²) in [5.41, 5.74) is 1.04. The molecule has 0 saturated heterocycles. The fraction of sp³-hybridized carbons (Fsp3) is 0.682. The maximum absolute atomic E-state index is 12.4. The number of carbonyl (C=O) groups excluding carboxylic acids is 1. The summed E-state index contributed by atoms with van der Waals surface area (Å²) in [5.74, 6) is 2.86. The molecule has 1 fully saturated rings. The van der Waals surface area contributed by atoms with Crippen LogP contribution in [0.1, 0.15) is 57.4 Å². The number of benzene rings is 1. The molecule has 0 heterocycles. The number of amides is 1. The van der Waals surface area contributed by atoms with Crippen molar-refractivity contribution in [3.63, 3.8) is 0 Å². The second kappa shape index (κ2) is 12.6. The molecule has 0 atom stereocenters. The fourth-order valence-electron chi connectivity index (χ4n) is 3.54. The van der Waals surface area contributed by atoms with E-state index in [1.165, 1.54) is 18.6 Å². The van der Waals surface area contributed by atoms with Crippen molar-refractivity contribution in [2.24, 2.45) is 11.8 Å². The van der Waals surface area contributed by atoms with E-state index < -0.39 is 10.0 Å². The first-order chi connectivity index (χ1) is 13.9. The minimum absolute atomic E-state index is 0.0766. The fourth-order valence-corrected chi connectivity index (χ4v) is 5.70. The number of hydrogen-bond acceptors (Lipinski definition) is 4. The highest BCUT2D eigenvalue weighted by atomic mass is 32.2. The molecule has 0 spiro atoms. The highest BCUT2D eigenvalue weighted by Crippen LogP contribution is 2.29. The molecule has 7 heteroatoms. The van der Waals surface area contributed by atoms with E-state index in [-0.39, 0.29) is 11.8 Å². The summed E-state index contributed by atoms with van der Waals surface area (Å²) in [6, 6.07) is 6.90. The van der Waals surface area contributed by atoms with Crippen LogP contribution in [0.2, 0.25) is 0 Å². The van der Waals surface area contributed by atoms with Crippen molar-refractivity contribution in [1.82, 2.24) is 10.0 Å². The van der Waals surface area contributed by atoms with Crippen LogP contribution in [0.3, 0.4) is 0 Å². The Morgan fingerprint density at radius 1 is 1.07 bits per heavy atom. The van der Waals surface area contributed by atoms with E-state index >= 15 is 0 Å². The quantitative estimate of drug-likeness (QED) is 0.480. The third-order valence-electron chi connectivity index (χ3n) is 5.52. The van der Waals surface area contributed by atoms with Gasteiger partial charge in [0, 0.05) is 19.0 Å². The lowest BCUT2D eigenvalue weighted by molar-refractivity contribution is -0.126. The molecule has 1 saturated carbocycles. The zero-order valence-electron chi connectivity index (χ0n) is 17.8. The van der Waals surface area contributed by atoms with Crippen molar-refractivity contribution in [1.29, 1.82) is 0 Å². The molecule has 1 aliphatic carbocycles. The Hall–Kier alpha value is -1.05. The van der Waals surface area contributed by atoms with Crippen molar-refractivity contribution in [2.45, 2.75) is 63.7 Å². The third-order valence-corrected chi connectivity index (χ3v) is 8.11. The lowest BCUT2D eigenvalue weighted by atomic mass is 9.81. The molecular formula is C22H36N2O3S2. The van der Waals surface area contributed by atoms with Crippen LogP contribution in [0.4, 0.5) is 0 Å². The Morgan fingerprint density at radius 3 is 2.38 bits per heavy atom. The van der Waals surface area contributed by atoms with Crippen LogP contribution in [-0.4, -0.2) is 38.9 Å².